The average molecular weight is 383 g/mol. The van der Waals surface area contributed by atoms with Crippen molar-refractivity contribution in [1.82, 2.24) is 0 Å². The van der Waals surface area contributed by atoms with Gasteiger partial charge in [-0.3, -0.25) is 0 Å². The summed E-state index contributed by atoms with van der Waals surface area (Å²) in [6.45, 7) is 11.6. The van der Waals surface area contributed by atoms with Gasteiger partial charge in [-0.05, 0) is 35.4 Å². The minimum absolute atomic E-state index is 0.184. The van der Waals surface area contributed by atoms with Crippen LogP contribution in [0.5, 0.6) is 11.5 Å². The van der Waals surface area contributed by atoms with Gasteiger partial charge < -0.3 is 18.9 Å². The van der Waals surface area contributed by atoms with Gasteiger partial charge in [0.15, 0.2) is 0 Å². The van der Waals surface area contributed by atoms with E-state index in [1.807, 2.05) is 24.3 Å². The lowest BCUT2D eigenvalue weighted by Crippen LogP contribution is -2.40. The Kier molecular flexibility index (Phi) is 5.11. The molecule has 2 saturated heterocycles. The van der Waals surface area contributed by atoms with E-state index in [4.69, 9.17) is 18.9 Å². The molecule has 0 aromatic heterocycles. The Morgan fingerprint density at radius 1 is 0.679 bits per heavy atom. The van der Waals surface area contributed by atoms with Gasteiger partial charge in [-0.2, -0.15) is 0 Å². The van der Waals surface area contributed by atoms with E-state index in [-0.39, 0.29) is 23.0 Å². The Morgan fingerprint density at radius 2 is 1.04 bits per heavy atom. The molecule has 0 N–H and O–H groups in total. The molecule has 150 valence electrons. The normalized spacial score (nSPS) is 24.7. The zero-order valence-corrected chi connectivity index (χ0v) is 17.2. The smallest absolute Gasteiger partial charge is 0.122 e. The van der Waals surface area contributed by atoms with E-state index >= 15 is 0 Å². The summed E-state index contributed by atoms with van der Waals surface area (Å²) in [5.41, 5.74) is 2.84. The van der Waals surface area contributed by atoms with E-state index < -0.39 is 0 Å². The maximum atomic E-state index is 5.80. The maximum absolute atomic E-state index is 5.80. The second kappa shape index (κ2) is 7.41. The van der Waals surface area contributed by atoms with Crippen molar-refractivity contribution in [2.24, 2.45) is 10.8 Å². The molecule has 2 heterocycles. The van der Waals surface area contributed by atoms with Gasteiger partial charge in [-0.1, -0.05) is 52.0 Å². The van der Waals surface area contributed by atoms with Crippen LogP contribution in [0.3, 0.4) is 0 Å². The Morgan fingerprint density at radius 3 is 1.29 bits per heavy atom. The van der Waals surface area contributed by atoms with Crippen LogP contribution in [0.1, 0.15) is 51.0 Å². The first-order chi connectivity index (χ1) is 13.4. The molecule has 0 radical (unpaired) electrons. The third-order valence-corrected chi connectivity index (χ3v) is 5.65. The summed E-state index contributed by atoms with van der Waals surface area (Å²) in [7, 11) is 0. The molecule has 0 aliphatic carbocycles. The monoisotopic (exact) mass is 382 g/mol. The van der Waals surface area contributed by atoms with Gasteiger partial charge in [0.25, 0.3) is 0 Å². The fourth-order valence-electron chi connectivity index (χ4n) is 3.89. The third kappa shape index (κ3) is 3.89. The number of ether oxygens (including phenoxy) is 4. The van der Waals surface area contributed by atoms with Crippen molar-refractivity contribution in [3.05, 3.63) is 59.7 Å². The minimum Gasteiger partial charge on any atom is -0.490 e. The van der Waals surface area contributed by atoms with Gasteiger partial charge in [0, 0.05) is 10.8 Å². The van der Waals surface area contributed by atoms with Gasteiger partial charge >= 0.3 is 0 Å². The van der Waals surface area contributed by atoms with Gasteiger partial charge in [0.05, 0.1) is 25.4 Å². The van der Waals surface area contributed by atoms with Gasteiger partial charge in [-0.25, -0.2) is 0 Å². The van der Waals surface area contributed by atoms with Crippen LogP contribution in [0.15, 0.2) is 48.5 Å². The predicted molar refractivity (Wildman–Crippen MR) is 109 cm³/mol. The Labute approximate surface area is 167 Å². The molecule has 0 spiro atoms. The molecule has 28 heavy (non-hydrogen) atoms. The Hall–Kier alpha value is -2.04. The quantitative estimate of drug-likeness (QED) is 0.606. The Bertz CT molecular complexity index is 723. The molecule has 2 aromatic rings. The lowest BCUT2D eigenvalue weighted by atomic mass is 9.79. The molecular weight excluding hydrogens is 352 g/mol. The first-order valence-corrected chi connectivity index (χ1v) is 10.0. The van der Waals surface area contributed by atoms with Crippen LogP contribution in [0.25, 0.3) is 0 Å². The molecule has 2 unspecified atom stereocenters. The summed E-state index contributed by atoms with van der Waals surface area (Å²) < 4.78 is 23.0. The van der Waals surface area contributed by atoms with E-state index in [0.717, 1.165) is 24.7 Å². The van der Waals surface area contributed by atoms with Crippen LogP contribution in [0, 0.1) is 10.8 Å². The summed E-state index contributed by atoms with van der Waals surface area (Å²) in [6, 6.07) is 16.4. The third-order valence-electron chi connectivity index (χ3n) is 5.65. The SMILES string of the molecule is CC1(C)COC1c1ccc(OCCOc2ccc(C3OCC3(C)C)cc2)cc1. The minimum atomic E-state index is 0.184. The molecule has 2 aromatic carbocycles. The molecule has 4 rings (SSSR count). The first kappa shape index (κ1) is 19.3. The molecule has 2 atom stereocenters. The number of hydrogen-bond acceptors (Lipinski definition) is 4. The fraction of sp³-hybridized carbons (Fsp3) is 0.500. The van der Waals surface area contributed by atoms with E-state index in [1.165, 1.54) is 11.1 Å². The second-order valence-electron chi connectivity index (χ2n) is 9.19. The number of rotatable bonds is 7. The van der Waals surface area contributed by atoms with Gasteiger partial charge in [0.1, 0.15) is 24.7 Å². The summed E-state index contributed by atoms with van der Waals surface area (Å²) in [5.74, 6) is 1.70. The van der Waals surface area contributed by atoms with Crippen LogP contribution in [-0.2, 0) is 9.47 Å². The largest absolute Gasteiger partial charge is 0.490 e. The zero-order chi connectivity index (χ0) is 19.8. The molecular formula is C24H30O4. The van der Waals surface area contributed by atoms with Crippen LogP contribution < -0.4 is 9.47 Å². The number of hydrogen-bond donors (Lipinski definition) is 0. The molecule has 0 saturated carbocycles. The zero-order valence-electron chi connectivity index (χ0n) is 17.2. The highest BCUT2D eigenvalue weighted by Crippen LogP contribution is 2.46. The van der Waals surface area contributed by atoms with Crippen molar-refractivity contribution in [3.8, 4) is 11.5 Å². The van der Waals surface area contributed by atoms with Crippen molar-refractivity contribution in [3.63, 3.8) is 0 Å². The van der Waals surface area contributed by atoms with Crippen molar-refractivity contribution in [2.75, 3.05) is 26.4 Å². The average Bonchev–Trinajstić information content (AvgIpc) is 2.66. The molecule has 2 aliphatic rings. The summed E-state index contributed by atoms with van der Waals surface area (Å²) in [6.07, 6.45) is 0.368. The van der Waals surface area contributed by atoms with E-state index in [2.05, 4.69) is 52.0 Å². The van der Waals surface area contributed by atoms with Crippen LogP contribution in [-0.4, -0.2) is 26.4 Å². The van der Waals surface area contributed by atoms with E-state index in [0.29, 0.717) is 13.2 Å². The Balaban J connectivity index is 1.21. The molecule has 0 amide bonds. The van der Waals surface area contributed by atoms with Gasteiger partial charge in [-0.15, -0.1) is 0 Å². The van der Waals surface area contributed by atoms with Crippen molar-refractivity contribution < 1.29 is 18.9 Å². The topological polar surface area (TPSA) is 36.9 Å². The van der Waals surface area contributed by atoms with Crippen molar-refractivity contribution >= 4 is 0 Å². The second-order valence-corrected chi connectivity index (χ2v) is 9.19. The molecule has 4 nitrogen and oxygen atoms in total. The van der Waals surface area contributed by atoms with Crippen molar-refractivity contribution in [1.29, 1.82) is 0 Å². The number of benzene rings is 2. The molecule has 0 bridgehead atoms. The van der Waals surface area contributed by atoms with Gasteiger partial charge in [0.2, 0.25) is 0 Å². The van der Waals surface area contributed by atoms with Crippen LogP contribution in [0.4, 0.5) is 0 Å². The molecule has 2 fully saturated rings. The summed E-state index contributed by atoms with van der Waals surface area (Å²) in [5, 5.41) is 0. The fourth-order valence-corrected chi connectivity index (χ4v) is 3.89. The van der Waals surface area contributed by atoms with Crippen molar-refractivity contribution in [2.45, 2.75) is 39.9 Å². The predicted octanol–water partition coefficient (Wildman–Crippen LogP) is 5.34. The summed E-state index contributed by atoms with van der Waals surface area (Å²) in [4.78, 5) is 0. The first-order valence-electron chi connectivity index (χ1n) is 10.0. The maximum Gasteiger partial charge on any atom is 0.122 e. The van der Waals surface area contributed by atoms with E-state index in [1.54, 1.807) is 0 Å². The highest BCUT2D eigenvalue weighted by atomic mass is 16.5. The highest BCUT2D eigenvalue weighted by Gasteiger charge is 2.41. The lowest BCUT2D eigenvalue weighted by molar-refractivity contribution is -0.172. The molecule has 4 heteroatoms. The van der Waals surface area contributed by atoms with E-state index in [9.17, 15) is 0 Å². The summed E-state index contributed by atoms with van der Waals surface area (Å²) >= 11 is 0. The molecule has 2 aliphatic heterocycles. The van der Waals surface area contributed by atoms with Crippen LogP contribution in [0.2, 0.25) is 0 Å². The standard InChI is InChI=1S/C24H30O4/c1-23(2)15-27-21(23)17-5-9-19(10-6-17)25-13-14-26-20-11-7-18(8-12-20)22-24(3,4)16-28-22/h5-12,21-22H,13-16H2,1-4H3. The lowest BCUT2D eigenvalue weighted by Gasteiger charge is -2.44. The highest BCUT2D eigenvalue weighted by molar-refractivity contribution is 5.31. The van der Waals surface area contributed by atoms with Crippen LogP contribution >= 0.6 is 0 Å².